The second-order valence-electron chi connectivity index (χ2n) is 4.85. The molecule has 1 fully saturated rings. The molecule has 6 heteroatoms. The topological polar surface area (TPSA) is 58.4 Å². The van der Waals surface area contributed by atoms with Crippen LogP contribution < -0.4 is 11.1 Å². The molecule has 0 unspecified atom stereocenters. The van der Waals surface area contributed by atoms with Gasteiger partial charge in [0, 0.05) is 13.0 Å². The molecule has 0 aromatic rings. The fourth-order valence-corrected chi connectivity index (χ4v) is 2.24. The number of amides is 1. The number of nitrogens with one attached hydrogen (secondary N) is 1. The number of nitrogens with zero attached hydrogens (tertiary/aromatic N) is 1. The van der Waals surface area contributed by atoms with Crippen molar-refractivity contribution in [1.82, 2.24) is 10.2 Å². The van der Waals surface area contributed by atoms with Crippen LogP contribution in [0.15, 0.2) is 0 Å². The molecule has 0 atom stereocenters. The van der Waals surface area contributed by atoms with Gasteiger partial charge in [0.1, 0.15) is 0 Å². The smallest absolute Gasteiger partial charge is 0.220 e. The van der Waals surface area contributed by atoms with Crippen molar-refractivity contribution in [3.63, 3.8) is 0 Å². The minimum atomic E-state index is 0. The van der Waals surface area contributed by atoms with Crippen LogP contribution in [0.4, 0.5) is 0 Å². The Bertz CT molecular complexity index is 210. The number of rotatable bonds is 7. The zero-order chi connectivity index (χ0) is 12.3. The molecule has 1 aliphatic heterocycles. The van der Waals surface area contributed by atoms with Crippen LogP contribution in [-0.2, 0) is 4.79 Å². The summed E-state index contributed by atoms with van der Waals surface area (Å²) in [7, 11) is 0. The second-order valence-corrected chi connectivity index (χ2v) is 4.85. The van der Waals surface area contributed by atoms with E-state index >= 15 is 0 Å². The summed E-state index contributed by atoms with van der Waals surface area (Å²) in [4.78, 5) is 13.9. The van der Waals surface area contributed by atoms with Gasteiger partial charge in [-0.2, -0.15) is 0 Å². The first-order chi connectivity index (χ1) is 8.33. The second kappa shape index (κ2) is 14.4. The van der Waals surface area contributed by atoms with Crippen molar-refractivity contribution in [3.05, 3.63) is 0 Å². The van der Waals surface area contributed by atoms with E-state index in [1.165, 1.54) is 38.8 Å². The summed E-state index contributed by atoms with van der Waals surface area (Å²) in [6.45, 7) is 5.00. The number of carbonyl (C=O) groups is 1. The van der Waals surface area contributed by atoms with Crippen molar-refractivity contribution in [2.24, 2.45) is 5.73 Å². The van der Waals surface area contributed by atoms with Crippen LogP contribution in [-0.4, -0.2) is 43.5 Å². The standard InChI is InChI=1S/C13H27N3O.2ClH/c14-8-5-7-13(17)15-9-6-12-16-10-3-1-2-4-11-16;;/h1-12,14H2,(H,15,17);2*1H. The van der Waals surface area contributed by atoms with Gasteiger partial charge in [-0.3, -0.25) is 4.79 Å². The lowest BCUT2D eigenvalue weighted by Gasteiger charge is -2.19. The molecule has 3 N–H and O–H groups in total. The number of carbonyl (C=O) groups excluding carboxylic acids is 1. The third-order valence-electron chi connectivity index (χ3n) is 3.28. The molecule has 0 spiro atoms. The third-order valence-corrected chi connectivity index (χ3v) is 3.28. The highest BCUT2D eigenvalue weighted by atomic mass is 35.5. The third kappa shape index (κ3) is 11.5. The molecule has 1 aliphatic rings. The molecule has 0 saturated carbocycles. The van der Waals surface area contributed by atoms with Crippen molar-refractivity contribution < 1.29 is 4.79 Å². The van der Waals surface area contributed by atoms with Gasteiger partial charge in [-0.15, -0.1) is 24.8 Å². The molecule has 0 aliphatic carbocycles. The maximum Gasteiger partial charge on any atom is 0.220 e. The van der Waals surface area contributed by atoms with Gasteiger partial charge >= 0.3 is 0 Å². The Morgan fingerprint density at radius 3 is 2.26 bits per heavy atom. The number of halogens is 2. The van der Waals surface area contributed by atoms with E-state index in [-0.39, 0.29) is 30.7 Å². The monoisotopic (exact) mass is 313 g/mol. The van der Waals surface area contributed by atoms with Crippen molar-refractivity contribution in [1.29, 1.82) is 0 Å². The minimum Gasteiger partial charge on any atom is -0.356 e. The van der Waals surface area contributed by atoms with Crippen molar-refractivity contribution in [2.45, 2.75) is 44.9 Å². The van der Waals surface area contributed by atoms with Crippen molar-refractivity contribution in [2.75, 3.05) is 32.7 Å². The normalized spacial score (nSPS) is 15.8. The largest absolute Gasteiger partial charge is 0.356 e. The predicted octanol–water partition coefficient (Wildman–Crippen LogP) is 1.95. The van der Waals surface area contributed by atoms with E-state index in [4.69, 9.17) is 5.73 Å². The molecule has 0 aromatic heterocycles. The highest BCUT2D eigenvalue weighted by Crippen LogP contribution is 2.09. The first-order valence-corrected chi connectivity index (χ1v) is 7.02. The Balaban J connectivity index is 0. The molecular weight excluding hydrogens is 285 g/mol. The molecule has 1 saturated heterocycles. The summed E-state index contributed by atoms with van der Waals surface area (Å²) in [5, 5.41) is 2.95. The van der Waals surface area contributed by atoms with Crippen LogP contribution in [0.2, 0.25) is 0 Å². The number of likely N-dealkylation sites (tertiary alicyclic amines) is 1. The van der Waals surface area contributed by atoms with Crippen LogP contribution in [0, 0.1) is 0 Å². The zero-order valence-corrected chi connectivity index (χ0v) is 13.4. The lowest BCUT2D eigenvalue weighted by molar-refractivity contribution is -0.121. The number of nitrogens with two attached hydrogens (primary N) is 1. The van der Waals surface area contributed by atoms with E-state index in [9.17, 15) is 4.79 Å². The molecule has 0 bridgehead atoms. The Kier molecular flexibility index (Phi) is 16.1. The van der Waals surface area contributed by atoms with Crippen LogP contribution in [0.25, 0.3) is 0 Å². The Labute approximate surface area is 129 Å². The van der Waals surface area contributed by atoms with Crippen molar-refractivity contribution in [3.8, 4) is 0 Å². The molecule has 0 radical (unpaired) electrons. The van der Waals surface area contributed by atoms with E-state index in [1.54, 1.807) is 0 Å². The molecule has 1 amide bonds. The minimum absolute atomic E-state index is 0. The molecule has 19 heavy (non-hydrogen) atoms. The summed E-state index contributed by atoms with van der Waals surface area (Å²) in [6.07, 6.45) is 7.86. The van der Waals surface area contributed by atoms with E-state index < -0.39 is 0 Å². The number of hydrogen-bond donors (Lipinski definition) is 2. The Morgan fingerprint density at radius 2 is 1.68 bits per heavy atom. The molecule has 0 aromatic carbocycles. The van der Waals surface area contributed by atoms with E-state index in [1.807, 2.05) is 0 Å². The zero-order valence-electron chi connectivity index (χ0n) is 11.7. The van der Waals surface area contributed by atoms with Gasteiger partial charge in [0.25, 0.3) is 0 Å². The van der Waals surface area contributed by atoms with Gasteiger partial charge in [-0.05, 0) is 51.9 Å². The average molecular weight is 314 g/mol. The number of hydrogen-bond acceptors (Lipinski definition) is 3. The lowest BCUT2D eigenvalue weighted by Crippen LogP contribution is -2.30. The quantitative estimate of drug-likeness (QED) is 0.706. The van der Waals surface area contributed by atoms with Crippen molar-refractivity contribution >= 4 is 30.7 Å². The van der Waals surface area contributed by atoms with Crippen LogP contribution in [0.1, 0.15) is 44.9 Å². The van der Waals surface area contributed by atoms with Crippen LogP contribution >= 0.6 is 24.8 Å². The maximum absolute atomic E-state index is 11.3. The predicted molar refractivity (Wildman–Crippen MR) is 85.3 cm³/mol. The first-order valence-electron chi connectivity index (χ1n) is 7.02. The molecular formula is C13H29Cl2N3O. The van der Waals surface area contributed by atoms with Gasteiger partial charge in [-0.1, -0.05) is 12.8 Å². The summed E-state index contributed by atoms with van der Waals surface area (Å²) < 4.78 is 0. The summed E-state index contributed by atoms with van der Waals surface area (Å²) >= 11 is 0. The summed E-state index contributed by atoms with van der Waals surface area (Å²) in [5.74, 6) is 0.145. The van der Waals surface area contributed by atoms with Crippen LogP contribution in [0.5, 0.6) is 0 Å². The van der Waals surface area contributed by atoms with E-state index in [0.29, 0.717) is 13.0 Å². The molecule has 1 rings (SSSR count). The average Bonchev–Trinajstić information content (AvgIpc) is 2.60. The van der Waals surface area contributed by atoms with Gasteiger partial charge in [-0.25, -0.2) is 0 Å². The molecule has 4 nitrogen and oxygen atoms in total. The van der Waals surface area contributed by atoms with Gasteiger partial charge < -0.3 is 16.0 Å². The van der Waals surface area contributed by atoms with Crippen LogP contribution in [0.3, 0.4) is 0 Å². The molecule has 1 heterocycles. The SMILES string of the molecule is Cl.Cl.NCCCC(=O)NCCCN1CCCCCC1. The fraction of sp³-hybridized carbons (Fsp3) is 0.923. The van der Waals surface area contributed by atoms with Gasteiger partial charge in [0.15, 0.2) is 0 Å². The Hall–Kier alpha value is -0.0300. The lowest BCUT2D eigenvalue weighted by atomic mass is 10.2. The fourth-order valence-electron chi connectivity index (χ4n) is 2.24. The Morgan fingerprint density at radius 1 is 1.05 bits per heavy atom. The van der Waals surface area contributed by atoms with E-state index in [2.05, 4.69) is 10.2 Å². The van der Waals surface area contributed by atoms with Gasteiger partial charge in [0.05, 0.1) is 0 Å². The summed E-state index contributed by atoms with van der Waals surface area (Å²) in [5.41, 5.74) is 5.36. The highest BCUT2D eigenvalue weighted by Gasteiger charge is 2.08. The summed E-state index contributed by atoms with van der Waals surface area (Å²) in [6, 6.07) is 0. The highest BCUT2D eigenvalue weighted by molar-refractivity contribution is 5.85. The maximum atomic E-state index is 11.3. The molecule has 116 valence electrons. The van der Waals surface area contributed by atoms with E-state index in [0.717, 1.165) is 25.9 Å². The van der Waals surface area contributed by atoms with Gasteiger partial charge in [0.2, 0.25) is 5.91 Å². The first kappa shape index (κ1) is 21.3.